The molecule has 2 aliphatic rings. The van der Waals surface area contributed by atoms with E-state index in [9.17, 15) is 0 Å². The third-order valence-electron chi connectivity index (χ3n) is 4.82. The predicted octanol–water partition coefficient (Wildman–Crippen LogP) is 2.22. The first-order chi connectivity index (χ1) is 11.3. The average Bonchev–Trinajstić information content (AvgIpc) is 3.33. The molecule has 0 bridgehead atoms. The van der Waals surface area contributed by atoms with Gasteiger partial charge in [0.05, 0.1) is 11.7 Å². The summed E-state index contributed by atoms with van der Waals surface area (Å²) in [6.45, 7) is 7.23. The Kier molecular flexibility index (Phi) is 4.10. The minimum Gasteiger partial charge on any atom is -0.338 e. The van der Waals surface area contributed by atoms with Crippen molar-refractivity contribution in [2.45, 2.75) is 38.3 Å². The van der Waals surface area contributed by atoms with Crippen LogP contribution in [-0.2, 0) is 6.54 Å². The van der Waals surface area contributed by atoms with Gasteiger partial charge >= 0.3 is 0 Å². The molecule has 0 unspecified atom stereocenters. The molecule has 2 aromatic heterocycles. The van der Waals surface area contributed by atoms with E-state index in [1.54, 1.807) is 0 Å². The van der Waals surface area contributed by atoms with Gasteiger partial charge in [-0.3, -0.25) is 14.8 Å². The van der Waals surface area contributed by atoms with Crippen LogP contribution in [0, 0.1) is 0 Å². The van der Waals surface area contributed by atoms with E-state index in [1.165, 1.54) is 12.8 Å². The molecule has 1 aliphatic carbocycles. The van der Waals surface area contributed by atoms with E-state index in [0.717, 1.165) is 50.1 Å². The highest BCUT2D eigenvalue weighted by Gasteiger charge is 2.31. The molecule has 6 heteroatoms. The molecule has 0 spiro atoms. The highest BCUT2D eigenvalue weighted by atomic mass is 16.5. The number of hydrogen-bond donors (Lipinski definition) is 0. The Balaban J connectivity index is 1.31. The smallest absolute Gasteiger partial charge is 0.243 e. The Hall–Kier alpha value is -1.79. The maximum atomic E-state index is 5.48. The quantitative estimate of drug-likeness (QED) is 0.843. The number of piperazine rings is 1. The van der Waals surface area contributed by atoms with Crippen molar-refractivity contribution in [1.82, 2.24) is 24.9 Å². The first-order valence-corrected chi connectivity index (χ1v) is 8.49. The van der Waals surface area contributed by atoms with Gasteiger partial charge in [0.2, 0.25) is 5.89 Å². The van der Waals surface area contributed by atoms with Gasteiger partial charge in [-0.25, -0.2) is 0 Å². The van der Waals surface area contributed by atoms with Gasteiger partial charge in [0, 0.05) is 44.8 Å². The number of hydrogen-bond acceptors (Lipinski definition) is 6. The highest BCUT2D eigenvalue weighted by Crippen LogP contribution is 2.38. The van der Waals surface area contributed by atoms with Crippen LogP contribution in [0.25, 0.3) is 0 Å². The number of nitrogens with zero attached hydrogens (tertiary/aromatic N) is 5. The lowest BCUT2D eigenvalue weighted by Crippen LogP contribution is -2.46. The van der Waals surface area contributed by atoms with Crippen molar-refractivity contribution in [3.63, 3.8) is 0 Å². The van der Waals surface area contributed by atoms with Crippen LogP contribution in [0.4, 0.5) is 0 Å². The van der Waals surface area contributed by atoms with Gasteiger partial charge in [-0.15, -0.1) is 0 Å². The Bertz CT molecular complexity index is 631. The topological polar surface area (TPSA) is 58.3 Å². The van der Waals surface area contributed by atoms with Gasteiger partial charge in [-0.05, 0) is 31.9 Å². The molecule has 1 saturated carbocycles. The second-order valence-corrected chi connectivity index (χ2v) is 6.57. The Morgan fingerprint density at radius 2 is 2.04 bits per heavy atom. The van der Waals surface area contributed by atoms with Crippen LogP contribution in [0.2, 0.25) is 0 Å². The molecule has 4 rings (SSSR count). The van der Waals surface area contributed by atoms with Crippen LogP contribution in [0.1, 0.15) is 49.1 Å². The third kappa shape index (κ3) is 3.43. The fourth-order valence-corrected chi connectivity index (χ4v) is 3.11. The molecule has 3 heterocycles. The molecule has 23 heavy (non-hydrogen) atoms. The zero-order valence-electron chi connectivity index (χ0n) is 13.6. The fraction of sp³-hybridized carbons (Fsp3) is 0.588. The maximum Gasteiger partial charge on any atom is 0.243 e. The predicted molar refractivity (Wildman–Crippen MR) is 85.8 cm³/mol. The van der Waals surface area contributed by atoms with Crippen LogP contribution < -0.4 is 0 Å². The summed E-state index contributed by atoms with van der Waals surface area (Å²) < 4.78 is 5.48. The van der Waals surface area contributed by atoms with Crippen LogP contribution >= 0.6 is 0 Å². The molecule has 1 saturated heterocycles. The first-order valence-electron chi connectivity index (χ1n) is 8.49. The summed E-state index contributed by atoms with van der Waals surface area (Å²) >= 11 is 0. The van der Waals surface area contributed by atoms with Crippen LogP contribution in [0.3, 0.4) is 0 Å². The van der Waals surface area contributed by atoms with Crippen molar-refractivity contribution in [2.75, 3.05) is 26.2 Å². The van der Waals surface area contributed by atoms with E-state index in [1.807, 2.05) is 18.3 Å². The van der Waals surface area contributed by atoms with Crippen LogP contribution in [0.15, 0.2) is 28.9 Å². The standard InChI is InChI=1S/C17H23N5O/c1-13(17-19-16(20-23-17)14-5-6-14)22-10-8-21(9-11-22)12-15-4-2-3-7-18-15/h2-4,7,13-14H,5-6,8-12H2,1H3/t13-/m0/s1. The zero-order chi connectivity index (χ0) is 15.6. The van der Waals surface area contributed by atoms with Crippen molar-refractivity contribution >= 4 is 0 Å². The average molecular weight is 313 g/mol. The van der Waals surface area contributed by atoms with Crippen molar-refractivity contribution in [3.8, 4) is 0 Å². The molecule has 2 fully saturated rings. The lowest BCUT2D eigenvalue weighted by atomic mass is 10.2. The summed E-state index contributed by atoms with van der Waals surface area (Å²) in [4.78, 5) is 13.9. The normalized spacial score (nSPS) is 21.4. The van der Waals surface area contributed by atoms with Gasteiger partial charge < -0.3 is 4.52 Å². The van der Waals surface area contributed by atoms with Crippen molar-refractivity contribution < 1.29 is 4.52 Å². The molecule has 0 amide bonds. The molecule has 0 N–H and O–H groups in total. The molecule has 122 valence electrons. The lowest BCUT2D eigenvalue weighted by Gasteiger charge is -2.36. The molecular formula is C17H23N5O. The van der Waals surface area contributed by atoms with Gasteiger partial charge in [0.25, 0.3) is 0 Å². The molecule has 1 aliphatic heterocycles. The number of rotatable bonds is 5. The minimum atomic E-state index is 0.201. The molecule has 1 atom stereocenters. The Morgan fingerprint density at radius 1 is 1.22 bits per heavy atom. The lowest BCUT2D eigenvalue weighted by molar-refractivity contribution is 0.0839. The zero-order valence-corrected chi connectivity index (χ0v) is 13.6. The van der Waals surface area contributed by atoms with Gasteiger partial charge in [0.1, 0.15) is 0 Å². The second kappa shape index (κ2) is 6.37. The summed E-state index contributed by atoms with van der Waals surface area (Å²) in [5.74, 6) is 2.22. The molecule has 0 radical (unpaired) electrons. The second-order valence-electron chi connectivity index (χ2n) is 6.57. The minimum absolute atomic E-state index is 0.201. The molecular weight excluding hydrogens is 290 g/mol. The SMILES string of the molecule is C[C@@H](c1nc(C2CC2)no1)N1CCN(Cc2ccccn2)CC1. The monoisotopic (exact) mass is 313 g/mol. The fourth-order valence-electron chi connectivity index (χ4n) is 3.11. The summed E-state index contributed by atoms with van der Waals surface area (Å²) in [7, 11) is 0. The first kappa shape index (κ1) is 14.8. The highest BCUT2D eigenvalue weighted by molar-refractivity contribution is 5.05. The summed E-state index contributed by atoms with van der Waals surface area (Å²) in [6, 6.07) is 6.30. The van der Waals surface area contributed by atoms with E-state index < -0.39 is 0 Å². The summed E-state index contributed by atoms with van der Waals surface area (Å²) in [6.07, 6.45) is 4.28. The number of aromatic nitrogens is 3. The summed E-state index contributed by atoms with van der Waals surface area (Å²) in [5, 5.41) is 4.13. The Labute approximate surface area is 136 Å². The van der Waals surface area contributed by atoms with E-state index in [0.29, 0.717) is 5.92 Å². The molecule has 6 nitrogen and oxygen atoms in total. The van der Waals surface area contributed by atoms with E-state index in [-0.39, 0.29) is 6.04 Å². The molecule has 0 aromatic carbocycles. The Morgan fingerprint density at radius 3 is 2.74 bits per heavy atom. The van der Waals surface area contributed by atoms with Crippen molar-refractivity contribution in [3.05, 3.63) is 41.8 Å². The van der Waals surface area contributed by atoms with E-state index in [4.69, 9.17) is 4.52 Å². The number of pyridine rings is 1. The van der Waals surface area contributed by atoms with Gasteiger partial charge in [-0.1, -0.05) is 11.2 Å². The van der Waals surface area contributed by atoms with E-state index >= 15 is 0 Å². The van der Waals surface area contributed by atoms with Crippen LogP contribution in [0.5, 0.6) is 0 Å². The van der Waals surface area contributed by atoms with Crippen LogP contribution in [-0.4, -0.2) is 51.1 Å². The van der Waals surface area contributed by atoms with Gasteiger partial charge in [-0.2, -0.15) is 4.98 Å². The maximum absolute atomic E-state index is 5.48. The van der Waals surface area contributed by atoms with E-state index in [2.05, 4.69) is 37.9 Å². The third-order valence-corrected chi connectivity index (χ3v) is 4.82. The van der Waals surface area contributed by atoms with Crippen molar-refractivity contribution in [2.24, 2.45) is 0 Å². The summed E-state index contributed by atoms with van der Waals surface area (Å²) in [5.41, 5.74) is 1.14. The molecule has 2 aromatic rings. The largest absolute Gasteiger partial charge is 0.338 e. The van der Waals surface area contributed by atoms with Crippen molar-refractivity contribution in [1.29, 1.82) is 0 Å². The van der Waals surface area contributed by atoms with Gasteiger partial charge in [0.15, 0.2) is 5.82 Å².